The van der Waals surface area contributed by atoms with Gasteiger partial charge >= 0.3 is 5.97 Å². The Morgan fingerprint density at radius 3 is 2.65 bits per heavy atom. The molecule has 0 heterocycles. The van der Waals surface area contributed by atoms with Crippen LogP contribution in [-0.2, 0) is 9.53 Å². The Bertz CT molecular complexity index is 512. The number of anilines is 1. The van der Waals surface area contributed by atoms with Crippen LogP contribution in [0.2, 0.25) is 0 Å². The standard InChI is InChI=1S/C14H18N2O4/c1-19-10-5-6-11(14(18)20-2)12(7-10)15-8-13(17)16-9-3-4-9/h5-7,9,15H,3-4,8H2,1-2H3,(H,16,17). The number of methoxy groups -OCH3 is 2. The summed E-state index contributed by atoms with van der Waals surface area (Å²) < 4.78 is 9.82. The summed E-state index contributed by atoms with van der Waals surface area (Å²) in [6, 6.07) is 5.25. The van der Waals surface area contributed by atoms with Gasteiger partial charge in [0.2, 0.25) is 5.91 Å². The summed E-state index contributed by atoms with van der Waals surface area (Å²) >= 11 is 0. The van der Waals surface area contributed by atoms with Crippen LogP contribution < -0.4 is 15.4 Å². The van der Waals surface area contributed by atoms with E-state index in [2.05, 4.69) is 10.6 Å². The number of carbonyl (C=O) groups excluding carboxylic acids is 2. The van der Waals surface area contributed by atoms with E-state index >= 15 is 0 Å². The fourth-order valence-electron chi connectivity index (χ4n) is 1.77. The smallest absolute Gasteiger partial charge is 0.339 e. The predicted octanol–water partition coefficient (Wildman–Crippen LogP) is 1.17. The first-order valence-electron chi connectivity index (χ1n) is 6.43. The first kappa shape index (κ1) is 14.2. The molecule has 0 saturated heterocycles. The molecule has 0 aliphatic heterocycles. The van der Waals surface area contributed by atoms with Crippen LogP contribution in [0.15, 0.2) is 18.2 Å². The molecule has 108 valence electrons. The van der Waals surface area contributed by atoms with E-state index in [1.54, 1.807) is 18.2 Å². The average Bonchev–Trinajstić information content (AvgIpc) is 3.27. The highest BCUT2D eigenvalue weighted by molar-refractivity contribution is 5.96. The first-order valence-corrected chi connectivity index (χ1v) is 6.43. The molecular formula is C14H18N2O4. The molecule has 20 heavy (non-hydrogen) atoms. The van der Waals surface area contributed by atoms with Crippen LogP contribution in [0.3, 0.4) is 0 Å². The molecule has 1 aromatic rings. The number of hydrogen-bond acceptors (Lipinski definition) is 5. The highest BCUT2D eigenvalue weighted by atomic mass is 16.5. The highest BCUT2D eigenvalue weighted by Crippen LogP contribution is 2.23. The second-order valence-corrected chi connectivity index (χ2v) is 4.60. The third kappa shape index (κ3) is 3.63. The van der Waals surface area contributed by atoms with Crippen LogP contribution >= 0.6 is 0 Å². The fraction of sp³-hybridized carbons (Fsp3) is 0.429. The van der Waals surface area contributed by atoms with Crippen LogP contribution in [-0.4, -0.2) is 38.7 Å². The topological polar surface area (TPSA) is 76.7 Å². The lowest BCUT2D eigenvalue weighted by atomic mass is 10.1. The van der Waals surface area contributed by atoms with E-state index in [0.717, 1.165) is 12.8 Å². The highest BCUT2D eigenvalue weighted by Gasteiger charge is 2.23. The molecule has 1 aliphatic rings. The van der Waals surface area contributed by atoms with Crippen molar-refractivity contribution >= 4 is 17.6 Å². The molecule has 1 saturated carbocycles. The van der Waals surface area contributed by atoms with E-state index in [9.17, 15) is 9.59 Å². The Balaban J connectivity index is 2.06. The van der Waals surface area contributed by atoms with Gasteiger partial charge in [0.05, 0.1) is 32.0 Å². The third-order valence-corrected chi connectivity index (χ3v) is 3.01. The molecule has 1 amide bonds. The fourth-order valence-corrected chi connectivity index (χ4v) is 1.77. The predicted molar refractivity (Wildman–Crippen MR) is 74.0 cm³/mol. The van der Waals surface area contributed by atoms with Crippen molar-refractivity contribution in [3.63, 3.8) is 0 Å². The molecule has 2 rings (SSSR count). The van der Waals surface area contributed by atoms with Crippen LogP contribution in [0.4, 0.5) is 5.69 Å². The molecule has 0 bridgehead atoms. The summed E-state index contributed by atoms with van der Waals surface area (Å²) in [5.41, 5.74) is 0.884. The summed E-state index contributed by atoms with van der Waals surface area (Å²) in [4.78, 5) is 23.3. The number of amides is 1. The van der Waals surface area contributed by atoms with Crippen molar-refractivity contribution in [2.75, 3.05) is 26.1 Å². The molecule has 1 fully saturated rings. The maximum atomic E-state index is 11.7. The molecule has 1 aliphatic carbocycles. The van der Waals surface area contributed by atoms with E-state index in [0.29, 0.717) is 23.0 Å². The van der Waals surface area contributed by atoms with Crippen molar-refractivity contribution in [3.8, 4) is 5.75 Å². The number of carbonyl (C=O) groups is 2. The van der Waals surface area contributed by atoms with Gasteiger partial charge in [0.1, 0.15) is 5.75 Å². The molecule has 0 atom stereocenters. The lowest BCUT2D eigenvalue weighted by Crippen LogP contribution is -2.31. The van der Waals surface area contributed by atoms with E-state index in [1.165, 1.54) is 14.2 Å². The van der Waals surface area contributed by atoms with Crippen molar-refractivity contribution in [1.82, 2.24) is 5.32 Å². The second kappa shape index (κ2) is 6.27. The Kier molecular flexibility index (Phi) is 4.45. The zero-order chi connectivity index (χ0) is 14.5. The van der Waals surface area contributed by atoms with Crippen molar-refractivity contribution in [2.24, 2.45) is 0 Å². The minimum atomic E-state index is -0.460. The van der Waals surface area contributed by atoms with E-state index in [4.69, 9.17) is 9.47 Å². The molecule has 0 unspecified atom stereocenters. The minimum absolute atomic E-state index is 0.0915. The summed E-state index contributed by atoms with van der Waals surface area (Å²) in [7, 11) is 2.85. The minimum Gasteiger partial charge on any atom is -0.497 e. The van der Waals surface area contributed by atoms with Gasteiger partial charge in [0.25, 0.3) is 0 Å². The maximum Gasteiger partial charge on any atom is 0.339 e. The molecule has 0 radical (unpaired) electrons. The normalized spacial score (nSPS) is 13.5. The van der Waals surface area contributed by atoms with Gasteiger partial charge in [-0.05, 0) is 25.0 Å². The van der Waals surface area contributed by atoms with Gasteiger partial charge in [0.15, 0.2) is 0 Å². The Labute approximate surface area is 117 Å². The molecular weight excluding hydrogens is 260 g/mol. The second-order valence-electron chi connectivity index (χ2n) is 4.60. The van der Waals surface area contributed by atoms with E-state index in [-0.39, 0.29) is 12.5 Å². The third-order valence-electron chi connectivity index (χ3n) is 3.01. The van der Waals surface area contributed by atoms with Gasteiger partial charge in [-0.15, -0.1) is 0 Å². The summed E-state index contributed by atoms with van der Waals surface area (Å²) in [5, 5.41) is 5.81. The van der Waals surface area contributed by atoms with Crippen LogP contribution in [0.25, 0.3) is 0 Å². The number of esters is 1. The quantitative estimate of drug-likeness (QED) is 0.764. The number of ether oxygens (including phenoxy) is 2. The van der Waals surface area contributed by atoms with Crippen molar-refractivity contribution < 1.29 is 19.1 Å². The Morgan fingerprint density at radius 2 is 2.05 bits per heavy atom. The molecule has 2 N–H and O–H groups in total. The molecule has 1 aromatic carbocycles. The molecule has 6 nitrogen and oxygen atoms in total. The van der Waals surface area contributed by atoms with Gasteiger partial charge < -0.3 is 20.1 Å². The van der Waals surface area contributed by atoms with Crippen molar-refractivity contribution in [3.05, 3.63) is 23.8 Å². The van der Waals surface area contributed by atoms with Gasteiger partial charge in [-0.1, -0.05) is 0 Å². The number of benzene rings is 1. The van der Waals surface area contributed by atoms with E-state index in [1.807, 2.05) is 0 Å². The molecule has 0 spiro atoms. The van der Waals surface area contributed by atoms with Crippen LogP contribution in [0, 0.1) is 0 Å². The Morgan fingerprint density at radius 1 is 1.30 bits per heavy atom. The first-order chi connectivity index (χ1) is 9.63. The molecule has 6 heteroatoms. The average molecular weight is 278 g/mol. The largest absolute Gasteiger partial charge is 0.497 e. The summed E-state index contributed by atoms with van der Waals surface area (Å²) in [6.07, 6.45) is 2.08. The van der Waals surface area contributed by atoms with Gasteiger partial charge in [-0.2, -0.15) is 0 Å². The zero-order valence-electron chi connectivity index (χ0n) is 11.6. The number of nitrogens with one attached hydrogen (secondary N) is 2. The monoisotopic (exact) mass is 278 g/mol. The lowest BCUT2D eigenvalue weighted by molar-refractivity contribution is -0.119. The van der Waals surface area contributed by atoms with Crippen LogP contribution in [0.5, 0.6) is 5.75 Å². The number of rotatable bonds is 6. The van der Waals surface area contributed by atoms with Crippen molar-refractivity contribution in [1.29, 1.82) is 0 Å². The summed E-state index contributed by atoms with van der Waals surface area (Å²) in [6.45, 7) is 0.105. The Hall–Kier alpha value is -2.24. The van der Waals surface area contributed by atoms with Gasteiger partial charge in [-0.3, -0.25) is 4.79 Å². The summed E-state index contributed by atoms with van der Waals surface area (Å²) in [5.74, 6) is 0.0478. The SMILES string of the molecule is COC(=O)c1ccc(OC)cc1NCC(=O)NC1CC1. The number of hydrogen-bond donors (Lipinski definition) is 2. The lowest BCUT2D eigenvalue weighted by Gasteiger charge is -2.12. The zero-order valence-corrected chi connectivity index (χ0v) is 11.6. The van der Waals surface area contributed by atoms with Gasteiger partial charge in [0, 0.05) is 12.1 Å². The van der Waals surface area contributed by atoms with Crippen molar-refractivity contribution in [2.45, 2.75) is 18.9 Å². The van der Waals surface area contributed by atoms with Gasteiger partial charge in [-0.25, -0.2) is 4.79 Å². The van der Waals surface area contributed by atoms with E-state index < -0.39 is 5.97 Å². The maximum absolute atomic E-state index is 11.7. The molecule has 0 aromatic heterocycles. The van der Waals surface area contributed by atoms with Crippen LogP contribution in [0.1, 0.15) is 23.2 Å².